The summed E-state index contributed by atoms with van der Waals surface area (Å²) in [5.41, 5.74) is 1.66. The van der Waals surface area contributed by atoms with Crippen molar-refractivity contribution in [2.45, 2.75) is 33.8 Å². The van der Waals surface area contributed by atoms with Gasteiger partial charge in [0.25, 0.3) is 5.91 Å². The second kappa shape index (κ2) is 8.69. The molecule has 0 atom stereocenters. The summed E-state index contributed by atoms with van der Waals surface area (Å²) in [5, 5.41) is 5.25. The van der Waals surface area contributed by atoms with E-state index in [4.69, 9.17) is 9.15 Å². The van der Waals surface area contributed by atoms with Gasteiger partial charge in [0.05, 0.1) is 29.4 Å². The number of halogens is 1. The van der Waals surface area contributed by atoms with Gasteiger partial charge in [-0.2, -0.15) is 0 Å². The fourth-order valence-corrected chi connectivity index (χ4v) is 3.17. The van der Waals surface area contributed by atoms with E-state index in [1.165, 1.54) is 24.4 Å². The molecule has 10 nitrogen and oxygen atoms in total. The number of ether oxygens (including phenoxy) is 1. The van der Waals surface area contributed by atoms with Crippen LogP contribution in [0.4, 0.5) is 20.6 Å². The Morgan fingerprint density at radius 2 is 1.91 bits per heavy atom. The Morgan fingerprint density at radius 1 is 1.12 bits per heavy atom. The molecule has 0 saturated carbocycles. The molecule has 170 valence electrons. The number of imidazole rings is 1. The normalized spacial score (nSPS) is 11.1. The first-order valence-electron chi connectivity index (χ1n) is 10.1. The SMILES string of the molecule is Cc1nc(C)c(C(=O)Nc2ccc(F)c(-c3cn4cc(NC(=O)OC(C)C)cnc4n3)c2)o1. The quantitative estimate of drug-likeness (QED) is 0.461. The number of oxazole rings is 1. The zero-order valence-electron chi connectivity index (χ0n) is 18.3. The minimum Gasteiger partial charge on any atom is -0.447 e. The Bertz CT molecular complexity index is 1360. The van der Waals surface area contributed by atoms with Crippen molar-refractivity contribution in [1.29, 1.82) is 0 Å². The zero-order valence-corrected chi connectivity index (χ0v) is 18.3. The number of fused-ring (bicyclic) bond motifs is 1. The van der Waals surface area contributed by atoms with Crippen molar-refractivity contribution < 1.29 is 23.1 Å². The molecule has 4 aromatic rings. The monoisotopic (exact) mass is 452 g/mol. The molecule has 2 N–H and O–H groups in total. The first kappa shape index (κ1) is 21.9. The fourth-order valence-electron chi connectivity index (χ4n) is 3.17. The summed E-state index contributed by atoms with van der Waals surface area (Å²) in [4.78, 5) is 36.9. The number of benzene rings is 1. The Kier molecular flexibility index (Phi) is 5.78. The molecule has 0 aliphatic heterocycles. The highest BCUT2D eigenvalue weighted by molar-refractivity contribution is 6.03. The molecule has 0 bridgehead atoms. The number of nitrogens with zero attached hydrogens (tertiary/aromatic N) is 4. The average molecular weight is 452 g/mol. The number of rotatable bonds is 5. The first-order chi connectivity index (χ1) is 15.7. The van der Waals surface area contributed by atoms with Crippen molar-refractivity contribution in [1.82, 2.24) is 19.4 Å². The van der Waals surface area contributed by atoms with Crippen molar-refractivity contribution in [3.05, 3.63) is 60.0 Å². The second-order valence-electron chi connectivity index (χ2n) is 7.55. The van der Waals surface area contributed by atoms with Gasteiger partial charge in [0.2, 0.25) is 11.5 Å². The van der Waals surface area contributed by atoms with Crippen LogP contribution >= 0.6 is 0 Å². The molecule has 0 aliphatic carbocycles. The molecule has 3 aromatic heterocycles. The van der Waals surface area contributed by atoms with Crippen molar-refractivity contribution >= 4 is 29.2 Å². The van der Waals surface area contributed by atoms with E-state index in [1.54, 1.807) is 44.5 Å². The number of carbonyl (C=O) groups excluding carboxylic acids is 2. The van der Waals surface area contributed by atoms with Crippen LogP contribution < -0.4 is 10.6 Å². The molecule has 0 aliphatic rings. The minimum atomic E-state index is -0.613. The van der Waals surface area contributed by atoms with Crippen molar-refractivity contribution in [2.75, 3.05) is 10.6 Å². The number of nitrogens with one attached hydrogen (secondary N) is 2. The van der Waals surface area contributed by atoms with Gasteiger partial charge in [-0.25, -0.2) is 24.1 Å². The van der Waals surface area contributed by atoms with Gasteiger partial charge in [-0.05, 0) is 39.0 Å². The highest BCUT2D eigenvalue weighted by Crippen LogP contribution is 2.26. The lowest BCUT2D eigenvalue weighted by molar-refractivity contribution is 0.0994. The summed E-state index contributed by atoms with van der Waals surface area (Å²) < 4.78 is 26.5. The number of hydrogen-bond donors (Lipinski definition) is 2. The maximum Gasteiger partial charge on any atom is 0.411 e. The molecule has 0 saturated heterocycles. The fraction of sp³-hybridized carbons (Fsp3) is 0.227. The van der Waals surface area contributed by atoms with Gasteiger partial charge in [0, 0.05) is 30.6 Å². The lowest BCUT2D eigenvalue weighted by Crippen LogP contribution is -2.18. The Labute approximate surface area is 187 Å². The number of aryl methyl sites for hydroxylation is 2. The summed E-state index contributed by atoms with van der Waals surface area (Å²) in [6.45, 7) is 6.78. The van der Waals surface area contributed by atoms with Gasteiger partial charge in [0.15, 0.2) is 5.89 Å². The summed E-state index contributed by atoms with van der Waals surface area (Å²) in [7, 11) is 0. The molecule has 33 heavy (non-hydrogen) atoms. The predicted molar refractivity (Wildman–Crippen MR) is 118 cm³/mol. The van der Waals surface area contributed by atoms with E-state index in [9.17, 15) is 14.0 Å². The van der Waals surface area contributed by atoms with E-state index in [-0.39, 0.29) is 17.4 Å². The molecule has 0 fully saturated rings. The van der Waals surface area contributed by atoms with E-state index >= 15 is 0 Å². The highest BCUT2D eigenvalue weighted by atomic mass is 19.1. The standard InChI is InChI=1S/C22H21FN6O4/c1-11(2)32-22(31)27-15-8-24-21-28-18(10-29(21)9-15)16-7-14(5-6-17(16)23)26-20(30)19-12(3)25-13(4)33-19/h5-11H,1-4H3,(H,26,30)(H,27,31). The van der Waals surface area contributed by atoms with Gasteiger partial charge in [-0.1, -0.05) is 0 Å². The topological polar surface area (TPSA) is 124 Å². The second-order valence-corrected chi connectivity index (χ2v) is 7.55. The molecule has 0 spiro atoms. The van der Waals surface area contributed by atoms with Gasteiger partial charge in [0.1, 0.15) is 5.82 Å². The van der Waals surface area contributed by atoms with Gasteiger partial charge < -0.3 is 14.5 Å². The summed E-state index contributed by atoms with van der Waals surface area (Å²) in [5.74, 6) is -0.255. The molecule has 2 amide bonds. The number of anilines is 2. The summed E-state index contributed by atoms with van der Waals surface area (Å²) in [6, 6.07) is 4.13. The number of amides is 2. The zero-order chi connectivity index (χ0) is 23.7. The molecule has 3 heterocycles. The summed E-state index contributed by atoms with van der Waals surface area (Å²) in [6.07, 6.45) is 3.68. The maximum atomic E-state index is 14.6. The van der Waals surface area contributed by atoms with E-state index in [2.05, 4.69) is 25.6 Å². The van der Waals surface area contributed by atoms with Crippen molar-refractivity contribution in [3.8, 4) is 11.3 Å². The lowest BCUT2D eigenvalue weighted by atomic mass is 10.1. The van der Waals surface area contributed by atoms with E-state index in [1.807, 2.05) is 0 Å². The molecule has 0 radical (unpaired) electrons. The molecule has 1 aromatic carbocycles. The van der Waals surface area contributed by atoms with Crippen LogP contribution in [0.2, 0.25) is 0 Å². The third-order valence-corrected chi connectivity index (χ3v) is 4.51. The van der Waals surface area contributed by atoms with Gasteiger partial charge in [-0.3, -0.25) is 14.5 Å². The maximum absolute atomic E-state index is 14.6. The average Bonchev–Trinajstić information content (AvgIpc) is 3.30. The molecule has 0 unspecified atom stereocenters. The smallest absolute Gasteiger partial charge is 0.411 e. The lowest BCUT2D eigenvalue weighted by Gasteiger charge is -2.09. The van der Waals surface area contributed by atoms with Crippen LogP contribution in [0, 0.1) is 19.7 Å². The van der Waals surface area contributed by atoms with Crippen LogP contribution in [0.5, 0.6) is 0 Å². The molecule has 11 heteroatoms. The first-order valence-corrected chi connectivity index (χ1v) is 10.1. The predicted octanol–water partition coefficient (Wildman–Crippen LogP) is 4.35. The Morgan fingerprint density at radius 3 is 2.61 bits per heavy atom. The number of carbonyl (C=O) groups is 2. The number of hydrogen-bond acceptors (Lipinski definition) is 7. The third kappa shape index (κ3) is 4.81. The van der Waals surface area contributed by atoms with Crippen LogP contribution in [0.15, 0.2) is 41.2 Å². The van der Waals surface area contributed by atoms with Crippen LogP contribution in [-0.2, 0) is 4.74 Å². The van der Waals surface area contributed by atoms with Crippen LogP contribution in [0.1, 0.15) is 36.0 Å². The Balaban J connectivity index is 1.59. The van der Waals surface area contributed by atoms with Crippen LogP contribution in [-0.4, -0.2) is 37.5 Å². The minimum absolute atomic E-state index is 0.0892. The summed E-state index contributed by atoms with van der Waals surface area (Å²) >= 11 is 0. The van der Waals surface area contributed by atoms with Crippen molar-refractivity contribution in [3.63, 3.8) is 0 Å². The molecular formula is C22H21FN6O4. The number of aromatic nitrogens is 4. The van der Waals surface area contributed by atoms with Gasteiger partial charge in [-0.15, -0.1) is 0 Å². The third-order valence-electron chi connectivity index (χ3n) is 4.51. The van der Waals surface area contributed by atoms with Crippen LogP contribution in [0.25, 0.3) is 17.0 Å². The van der Waals surface area contributed by atoms with Gasteiger partial charge >= 0.3 is 6.09 Å². The largest absolute Gasteiger partial charge is 0.447 e. The highest BCUT2D eigenvalue weighted by Gasteiger charge is 2.18. The van der Waals surface area contributed by atoms with Crippen LogP contribution in [0.3, 0.4) is 0 Å². The molecule has 4 rings (SSSR count). The van der Waals surface area contributed by atoms with Crippen molar-refractivity contribution in [2.24, 2.45) is 0 Å². The molecular weight excluding hydrogens is 431 g/mol. The Hall–Kier alpha value is -4.28. The van der Waals surface area contributed by atoms with E-state index in [0.29, 0.717) is 34.4 Å². The van der Waals surface area contributed by atoms with E-state index in [0.717, 1.165) is 0 Å². The van der Waals surface area contributed by atoms with E-state index < -0.39 is 17.8 Å².